The Balaban J connectivity index is 1.90. The van der Waals surface area contributed by atoms with Gasteiger partial charge in [-0.25, -0.2) is 0 Å². The first-order valence-corrected chi connectivity index (χ1v) is 11.7. The quantitative estimate of drug-likeness (QED) is 0.543. The molecule has 2 aromatic heterocycles. The van der Waals surface area contributed by atoms with Crippen LogP contribution in [0, 0.1) is 5.92 Å². The van der Waals surface area contributed by atoms with Crippen LogP contribution in [0.25, 0.3) is 16.1 Å². The number of carboxylic acid groups (broad SMARTS) is 1. The third-order valence-electron chi connectivity index (χ3n) is 5.49. The molecule has 3 unspecified atom stereocenters. The number of hydrogen-bond donors (Lipinski definition) is 2. The summed E-state index contributed by atoms with van der Waals surface area (Å²) >= 11 is 1.27. The zero-order chi connectivity index (χ0) is 24.6. The Kier molecular flexibility index (Phi) is 6.33. The van der Waals surface area contributed by atoms with Crippen LogP contribution in [-0.2, 0) is 9.53 Å². The van der Waals surface area contributed by atoms with Gasteiger partial charge in [0.2, 0.25) is 5.69 Å². The lowest BCUT2D eigenvalue weighted by Gasteiger charge is -2.20. The summed E-state index contributed by atoms with van der Waals surface area (Å²) in [6.07, 6.45) is 1.34. The maximum atomic E-state index is 13.3. The molecule has 1 aromatic carbocycles. The van der Waals surface area contributed by atoms with Crippen molar-refractivity contribution < 1.29 is 29.1 Å². The number of aliphatic hydroxyl groups excluding tert-OH is 1. The highest BCUT2D eigenvalue weighted by molar-refractivity contribution is 7.12. The van der Waals surface area contributed by atoms with Crippen molar-refractivity contribution in [1.82, 2.24) is 4.98 Å². The van der Waals surface area contributed by atoms with Gasteiger partial charge in [-0.3, -0.25) is 14.8 Å². The molecule has 176 valence electrons. The number of ether oxygens (including phenoxy) is 1. The highest BCUT2D eigenvalue weighted by Crippen LogP contribution is 2.33. The summed E-state index contributed by atoms with van der Waals surface area (Å²) in [6, 6.07) is 10.0. The summed E-state index contributed by atoms with van der Waals surface area (Å²) in [5.41, 5.74) is 0.651. The van der Waals surface area contributed by atoms with Crippen LogP contribution in [-0.4, -0.2) is 38.9 Å². The van der Waals surface area contributed by atoms with Gasteiger partial charge in [0.25, 0.3) is 5.01 Å². The molecule has 4 rings (SSSR count). The summed E-state index contributed by atoms with van der Waals surface area (Å²) < 4.78 is 6.99. The van der Waals surface area contributed by atoms with Gasteiger partial charge in [0.05, 0.1) is 28.3 Å². The van der Waals surface area contributed by atoms with E-state index in [0.29, 0.717) is 26.7 Å². The van der Waals surface area contributed by atoms with Crippen molar-refractivity contribution in [3.05, 3.63) is 70.4 Å². The van der Waals surface area contributed by atoms with Gasteiger partial charge >= 0.3 is 12.1 Å². The molecular weight excluding hydrogens is 454 g/mol. The van der Waals surface area contributed by atoms with E-state index in [2.05, 4.69) is 9.98 Å². The number of benzene rings is 1. The van der Waals surface area contributed by atoms with Crippen molar-refractivity contribution in [2.75, 3.05) is 0 Å². The minimum atomic E-state index is -1.28. The number of nitrogens with zero attached hydrogens (tertiary/aromatic N) is 3. The first-order chi connectivity index (χ1) is 16.1. The standard InChI is InChI=1S/C25H25N3O5S/c1-14(23(30)31)20-19(16-9-5-6-10-17(16)27-20)21(29)18-13-34-22(15-8-7-11-26-12-15)28(18)24(32)33-25(2,3)4/h5-14,20-21,29H,1-4H3/p+1. The third kappa shape index (κ3) is 4.49. The topological polar surface area (TPSA) is 113 Å². The van der Waals surface area contributed by atoms with E-state index in [1.807, 2.05) is 18.2 Å². The van der Waals surface area contributed by atoms with Crippen LogP contribution in [0.5, 0.6) is 0 Å². The number of carbonyl (C=O) groups is 2. The first-order valence-electron chi connectivity index (χ1n) is 10.8. The average Bonchev–Trinajstić information content (AvgIpc) is 3.40. The minimum absolute atomic E-state index is 0.280. The summed E-state index contributed by atoms with van der Waals surface area (Å²) in [7, 11) is 0. The first kappa shape index (κ1) is 23.7. The van der Waals surface area contributed by atoms with Gasteiger partial charge in [0.15, 0.2) is 6.10 Å². The van der Waals surface area contributed by atoms with Gasteiger partial charge in [-0.05, 0) is 45.9 Å². The highest BCUT2D eigenvalue weighted by Gasteiger charge is 2.42. The second-order valence-electron chi connectivity index (χ2n) is 9.10. The number of thiazole rings is 1. The van der Waals surface area contributed by atoms with E-state index in [9.17, 15) is 19.8 Å². The predicted molar refractivity (Wildman–Crippen MR) is 126 cm³/mol. The SMILES string of the molecule is CC(C(=O)O)C1N=c2ccccc2=C1C(O)c1csc(-c2cccnc2)[n+]1C(=O)OC(C)(C)C. The Morgan fingerprint density at radius 2 is 1.91 bits per heavy atom. The second kappa shape index (κ2) is 9.08. The molecule has 3 atom stereocenters. The summed E-state index contributed by atoms with van der Waals surface area (Å²) in [6.45, 7) is 6.86. The van der Waals surface area contributed by atoms with E-state index in [4.69, 9.17) is 4.74 Å². The molecule has 0 aliphatic carbocycles. The Labute approximate surface area is 200 Å². The number of hydrogen-bond acceptors (Lipinski definition) is 7. The summed E-state index contributed by atoms with van der Waals surface area (Å²) in [4.78, 5) is 33.9. The molecule has 0 radical (unpaired) electrons. The number of carboxylic acids is 1. The molecular formula is C25H26N3O5S+. The van der Waals surface area contributed by atoms with Crippen molar-refractivity contribution in [2.24, 2.45) is 10.9 Å². The highest BCUT2D eigenvalue weighted by atomic mass is 32.1. The smallest absolute Gasteiger partial charge is 0.481 e. The van der Waals surface area contributed by atoms with E-state index in [1.54, 1.807) is 63.7 Å². The molecule has 1 aliphatic rings. The lowest BCUT2D eigenvalue weighted by Crippen LogP contribution is -2.50. The van der Waals surface area contributed by atoms with Crippen LogP contribution in [0.2, 0.25) is 0 Å². The number of aromatic nitrogens is 2. The van der Waals surface area contributed by atoms with Crippen LogP contribution >= 0.6 is 11.3 Å². The maximum absolute atomic E-state index is 13.3. The molecule has 0 fully saturated rings. The number of carbonyl (C=O) groups excluding carboxylic acids is 1. The summed E-state index contributed by atoms with van der Waals surface area (Å²) in [5, 5.41) is 24.8. The Morgan fingerprint density at radius 3 is 2.56 bits per heavy atom. The van der Waals surface area contributed by atoms with Crippen molar-refractivity contribution in [2.45, 2.75) is 45.4 Å². The molecule has 0 amide bonds. The molecule has 0 spiro atoms. The number of aliphatic carboxylic acids is 1. The second-order valence-corrected chi connectivity index (χ2v) is 9.96. The maximum Gasteiger partial charge on any atom is 0.604 e. The van der Waals surface area contributed by atoms with Crippen LogP contribution in [0.15, 0.2) is 59.2 Å². The number of fused-ring (bicyclic) bond motifs is 1. The molecule has 8 nitrogen and oxygen atoms in total. The fourth-order valence-corrected chi connectivity index (χ4v) is 4.91. The van der Waals surface area contributed by atoms with E-state index in [0.717, 1.165) is 0 Å². The van der Waals surface area contributed by atoms with Crippen LogP contribution in [0.3, 0.4) is 0 Å². The van der Waals surface area contributed by atoms with E-state index in [-0.39, 0.29) is 5.69 Å². The number of rotatable bonds is 5. The molecule has 3 heterocycles. The van der Waals surface area contributed by atoms with Crippen LogP contribution in [0.4, 0.5) is 4.79 Å². The molecule has 9 heteroatoms. The fourth-order valence-electron chi connectivity index (χ4n) is 3.90. The van der Waals surface area contributed by atoms with Crippen molar-refractivity contribution in [3.63, 3.8) is 0 Å². The Bertz CT molecular complexity index is 1360. The van der Waals surface area contributed by atoms with Crippen LogP contribution < -0.4 is 15.1 Å². The number of para-hydroxylation sites is 1. The third-order valence-corrected chi connectivity index (χ3v) is 6.49. The molecule has 0 saturated carbocycles. The zero-order valence-corrected chi connectivity index (χ0v) is 20.1. The van der Waals surface area contributed by atoms with E-state index in [1.165, 1.54) is 15.9 Å². The average molecular weight is 481 g/mol. The zero-order valence-electron chi connectivity index (χ0n) is 19.3. The van der Waals surface area contributed by atoms with Gasteiger partial charge in [0.1, 0.15) is 5.60 Å². The monoisotopic (exact) mass is 480 g/mol. The van der Waals surface area contributed by atoms with Crippen molar-refractivity contribution in [3.8, 4) is 10.6 Å². The predicted octanol–water partition coefficient (Wildman–Crippen LogP) is 2.49. The lowest BCUT2D eigenvalue weighted by molar-refractivity contribution is -0.584. The number of aliphatic hydroxyl groups is 1. The van der Waals surface area contributed by atoms with Crippen LogP contribution in [0.1, 0.15) is 39.5 Å². The fraction of sp³-hybridized carbons (Fsp3) is 0.320. The molecule has 2 N–H and O–H groups in total. The Hall–Kier alpha value is -3.43. The molecule has 34 heavy (non-hydrogen) atoms. The lowest BCUT2D eigenvalue weighted by atomic mass is 9.90. The van der Waals surface area contributed by atoms with Gasteiger partial charge in [-0.1, -0.05) is 34.1 Å². The minimum Gasteiger partial charge on any atom is -0.481 e. The summed E-state index contributed by atoms with van der Waals surface area (Å²) in [5.74, 6) is -1.89. The van der Waals surface area contributed by atoms with Gasteiger partial charge in [-0.15, -0.1) is 0 Å². The van der Waals surface area contributed by atoms with Gasteiger partial charge in [-0.2, -0.15) is 4.79 Å². The molecule has 0 bridgehead atoms. The normalized spacial score (nSPS) is 17.0. The number of pyridine rings is 1. The van der Waals surface area contributed by atoms with E-state index < -0.39 is 35.7 Å². The van der Waals surface area contributed by atoms with Crippen molar-refractivity contribution in [1.29, 1.82) is 0 Å². The molecule has 0 saturated heterocycles. The Morgan fingerprint density at radius 1 is 1.18 bits per heavy atom. The van der Waals surface area contributed by atoms with E-state index >= 15 is 0 Å². The van der Waals surface area contributed by atoms with Crippen molar-refractivity contribution >= 4 is 29.0 Å². The molecule has 1 aliphatic heterocycles. The largest absolute Gasteiger partial charge is 0.604 e. The van der Waals surface area contributed by atoms with Gasteiger partial charge in [0, 0.05) is 23.2 Å². The molecule has 3 aromatic rings. The van der Waals surface area contributed by atoms with Gasteiger partial charge < -0.3 is 14.9 Å².